The van der Waals surface area contributed by atoms with Crippen molar-refractivity contribution in [3.63, 3.8) is 0 Å². The summed E-state index contributed by atoms with van der Waals surface area (Å²) in [5, 5.41) is 23.4. The number of aromatic nitrogens is 4. The van der Waals surface area contributed by atoms with Crippen molar-refractivity contribution in [3.05, 3.63) is 12.2 Å². The average molecular weight is 503 g/mol. The number of nitrogens with one attached hydrogen (secondary N) is 1. The Morgan fingerprint density at radius 2 is 1.97 bits per heavy atom. The molecule has 4 heterocycles. The topological polar surface area (TPSA) is 181 Å². The van der Waals surface area contributed by atoms with Crippen LogP contribution in [0, 0.1) is 11.8 Å². The van der Waals surface area contributed by atoms with Gasteiger partial charge in [0.1, 0.15) is 17.7 Å². The second kappa shape index (κ2) is 11.0. The first-order valence-electron chi connectivity index (χ1n) is 11.8. The number of imidazole rings is 1. The Labute approximate surface area is 207 Å². The Bertz CT molecular complexity index is 1170. The summed E-state index contributed by atoms with van der Waals surface area (Å²) < 4.78 is 12.1. The van der Waals surface area contributed by atoms with Crippen molar-refractivity contribution in [2.75, 3.05) is 51.6 Å². The van der Waals surface area contributed by atoms with Crippen LogP contribution in [0.5, 0.6) is 0 Å². The molecule has 0 aromatic carbocycles. The van der Waals surface area contributed by atoms with Crippen molar-refractivity contribution in [3.8, 4) is 11.8 Å². The quantitative estimate of drug-likeness (QED) is 0.342. The third-order valence-corrected chi connectivity index (χ3v) is 5.97. The maximum Gasteiger partial charge on any atom is 0.409 e. The molecule has 4 rings (SSSR count). The van der Waals surface area contributed by atoms with Gasteiger partial charge >= 0.3 is 6.09 Å². The second-order valence-electron chi connectivity index (χ2n) is 8.34. The number of anilines is 1. The van der Waals surface area contributed by atoms with Gasteiger partial charge in [-0.15, -0.1) is 0 Å². The lowest BCUT2D eigenvalue weighted by atomic mass is 10.1. The van der Waals surface area contributed by atoms with Crippen molar-refractivity contribution >= 4 is 29.0 Å². The van der Waals surface area contributed by atoms with Crippen LogP contribution in [0.15, 0.2) is 6.33 Å². The van der Waals surface area contributed by atoms with Crippen molar-refractivity contribution in [1.29, 1.82) is 0 Å². The van der Waals surface area contributed by atoms with E-state index in [4.69, 9.17) is 15.2 Å². The molecule has 2 aromatic rings. The Morgan fingerprint density at radius 1 is 1.22 bits per heavy atom. The molecule has 0 saturated carbocycles. The number of hydrogen-bond donors (Lipinski definition) is 4. The van der Waals surface area contributed by atoms with E-state index in [0.29, 0.717) is 45.9 Å². The Kier molecular flexibility index (Phi) is 7.85. The smallest absolute Gasteiger partial charge is 0.409 e. The summed E-state index contributed by atoms with van der Waals surface area (Å²) in [6.07, 6.45) is -4.13. The number of piperazine rings is 1. The third kappa shape index (κ3) is 5.19. The van der Waals surface area contributed by atoms with Crippen LogP contribution in [-0.4, -0.2) is 116 Å². The molecular formula is C22H30N8O6. The molecule has 2 aromatic heterocycles. The predicted molar refractivity (Wildman–Crippen MR) is 126 cm³/mol. The summed E-state index contributed by atoms with van der Waals surface area (Å²) >= 11 is 0. The number of rotatable bonds is 5. The molecule has 2 saturated heterocycles. The molecule has 14 heteroatoms. The molecule has 0 bridgehead atoms. The van der Waals surface area contributed by atoms with Gasteiger partial charge in [-0.3, -0.25) is 14.3 Å². The lowest BCUT2D eigenvalue weighted by Gasteiger charge is -2.32. The van der Waals surface area contributed by atoms with E-state index in [2.05, 4.69) is 37.0 Å². The van der Waals surface area contributed by atoms with Gasteiger partial charge in [0.2, 0.25) is 5.82 Å². The summed E-state index contributed by atoms with van der Waals surface area (Å²) in [4.78, 5) is 40.6. The van der Waals surface area contributed by atoms with Crippen molar-refractivity contribution in [1.82, 2.24) is 34.6 Å². The summed E-state index contributed by atoms with van der Waals surface area (Å²) in [5.74, 6) is 5.64. The van der Waals surface area contributed by atoms with E-state index in [1.165, 1.54) is 10.9 Å². The molecule has 2 amide bonds. The monoisotopic (exact) mass is 502 g/mol. The number of nitrogens with zero attached hydrogens (tertiary/aromatic N) is 6. The van der Waals surface area contributed by atoms with E-state index < -0.39 is 30.4 Å². The van der Waals surface area contributed by atoms with E-state index in [0.717, 1.165) is 0 Å². The highest BCUT2D eigenvalue weighted by Gasteiger charge is 2.47. The van der Waals surface area contributed by atoms with Crippen LogP contribution < -0.4 is 11.1 Å². The van der Waals surface area contributed by atoms with E-state index in [1.807, 2.05) is 0 Å². The standard InChI is InChI=1S/C22H30N8O6/c1-3-24-20(33)17-15(31)16(32)21(36-17)30-12-25-14-18(23)26-13(27-19(14)30)6-5-7-28-8-10-29(11-9-28)22(34)35-4-2/h12,15-17,21,31-32H,3-4,7-11H2,1-2H3,(H,24,33)(H2,23,26,27)/t15?,16?,17-,21+/m0/s1. The predicted octanol–water partition coefficient (Wildman–Crippen LogP) is -1.71. The number of carbonyl (C=O) groups excluding carboxylic acids is 2. The van der Waals surface area contributed by atoms with Gasteiger partial charge in [-0.2, -0.15) is 0 Å². The molecular weight excluding hydrogens is 472 g/mol. The summed E-state index contributed by atoms with van der Waals surface area (Å²) in [5.41, 5.74) is 6.59. The highest BCUT2D eigenvalue weighted by atomic mass is 16.6. The van der Waals surface area contributed by atoms with Gasteiger partial charge in [0, 0.05) is 32.7 Å². The molecule has 194 valence electrons. The van der Waals surface area contributed by atoms with Crippen LogP contribution in [0.4, 0.5) is 10.6 Å². The van der Waals surface area contributed by atoms with Gasteiger partial charge in [0.15, 0.2) is 23.8 Å². The molecule has 2 unspecified atom stereocenters. The second-order valence-corrected chi connectivity index (χ2v) is 8.34. The first-order valence-corrected chi connectivity index (χ1v) is 11.8. The Hall–Kier alpha value is -3.51. The molecule has 0 radical (unpaired) electrons. The van der Waals surface area contributed by atoms with Gasteiger partial charge < -0.3 is 35.6 Å². The zero-order chi connectivity index (χ0) is 25.8. The number of hydrogen-bond acceptors (Lipinski definition) is 11. The molecule has 4 atom stereocenters. The van der Waals surface area contributed by atoms with Gasteiger partial charge in [-0.05, 0) is 19.8 Å². The molecule has 0 aliphatic carbocycles. The van der Waals surface area contributed by atoms with Gasteiger partial charge in [-0.25, -0.2) is 19.7 Å². The largest absolute Gasteiger partial charge is 0.450 e. The Morgan fingerprint density at radius 3 is 2.67 bits per heavy atom. The summed E-state index contributed by atoms with van der Waals surface area (Å²) in [7, 11) is 0. The maximum absolute atomic E-state index is 12.2. The van der Waals surface area contributed by atoms with Gasteiger partial charge in [0.25, 0.3) is 5.91 Å². The molecule has 14 nitrogen and oxygen atoms in total. The minimum absolute atomic E-state index is 0.0967. The van der Waals surface area contributed by atoms with Gasteiger partial charge in [-0.1, -0.05) is 5.92 Å². The number of nitrogens with two attached hydrogens (primary N) is 1. The third-order valence-electron chi connectivity index (χ3n) is 5.97. The number of fused-ring (bicyclic) bond motifs is 1. The lowest BCUT2D eigenvalue weighted by Crippen LogP contribution is -2.48. The molecule has 2 aliphatic rings. The molecule has 2 fully saturated rings. The fraction of sp³-hybridized carbons (Fsp3) is 0.591. The molecule has 36 heavy (non-hydrogen) atoms. The Balaban J connectivity index is 1.47. The number of likely N-dealkylation sites (N-methyl/N-ethyl adjacent to an activating group) is 1. The van der Waals surface area contributed by atoms with Crippen LogP contribution in [0.2, 0.25) is 0 Å². The highest BCUT2D eigenvalue weighted by Crippen LogP contribution is 2.32. The van der Waals surface area contributed by atoms with Crippen molar-refractivity contribution in [2.24, 2.45) is 0 Å². The number of aliphatic hydroxyl groups excluding tert-OH is 2. The normalized spacial score (nSPS) is 24.4. The molecule has 5 N–H and O–H groups in total. The van der Waals surface area contributed by atoms with Crippen LogP contribution in [0.3, 0.4) is 0 Å². The molecule has 2 aliphatic heterocycles. The minimum Gasteiger partial charge on any atom is -0.450 e. The number of carbonyl (C=O) groups is 2. The average Bonchev–Trinajstić information content (AvgIpc) is 3.41. The zero-order valence-electron chi connectivity index (χ0n) is 20.1. The van der Waals surface area contributed by atoms with Crippen LogP contribution >= 0.6 is 0 Å². The number of nitrogen functional groups attached to an aromatic ring is 1. The number of amides is 2. The van der Waals surface area contributed by atoms with E-state index in [-0.39, 0.29) is 28.9 Å². The van der Waals surface area contributed by atoms with Crippen LogP contribution in [0.25, 0.3) is 11.2 Å². The van der Waals surface area contributed by atoms with Crippen molar-refractivity contribution in [2.45, 2.75) is 38.4 Å². The maximum atomic E-state index is 12.2. The van der Waals surface area contributed by atoms with Gasteiger partial charge in [0.05, 0.1) is 19.5 Å². The number of aliphatic hydroxyl groups is 2. The SMILES string of the molecule is CCNC(=O)[C@H]1O[C@@H](n2cnc3c(N)nc(C#CCN4CCN(C(=O)OCC)CC4)nc32)C(O)C1O. The van der Waals surface area contributed by atoms with E-state index in [9.17, 15) is 19.8 Å². The zero-order valence-corrected chi connectivity index (χ0v) is 20.1. The fourth-order valence-corrected chi connectivity index (χ4v) is 4.10. The first-order chi connectivity index (χ1) is 17.3. The van der Waals surface area contributed by atoms with Crippen LogP contribution in [0.1, 0.15) is 25.9 Å². The van der Waals surface area contributed by atoms with Crippen LogP contribution in [-0.2, 0) is 14.3 Å². The summed E-state index contributed by atoms with van der Waals surface area (Å²) in [6, 6.07) is 0. The van der Waals surface area contributed by atoms with E-state index >= 15 is 0 Å². The number of ether oxygens (including phenoxy) is 2. The summed E-state index contributed by atoms with van der Waals surface area (Å²) in [6.45, 7) is 7.10. The van der Waals surface area contributed by atoms with Crippen molar-refractivity contribution < 1.29 is 29.3 Å². The lowest BCUT2D eigenvalue weighted by molar-refractivity contribution is -0.137. The fourth-order valence-electron chi connectivity index (χ4n) is 4.10. The first kappa shape index (κ1) is 25.6. The molecule has 0 spiro atoms. The highest BCUT2D eigenvalue weighted by molar-refractivity contribution is 5.83. The minimum atomic E-state index is -1.43. The van der Waals surface area contributed by atoms with E-state index in [1.54, 1.807) is 18.7 Å².